The minimum atomic E-state index is 0.388. The number of ether oxygens (including phenoxy) is 1. The zero-order valence-electron chi connectivity index (χ0n) is 10.5. The van der Waals surface area contributed by atoms with Crippen molar-refractivity contribution in [3.05, 3.63) is 17.3 Å². The van der Waals surface area contributed by atoms with Crippen LogP contribution in [0.1, 0.15) is 26.7 Å². The van der Waals surface area contributed by atoms with Gasteiger partial charge >= 0.3 is 0 Å². The summed E-state index contributed by atoms with van der Waals surface area (Å²) in [7, 11) is 0. The molecule has 0 bridgehead atoms. The Balaban J connectivity index is 2.10. The van der Waals surface area contributed by atoms with Gasteiger partial charge in [0.1, 0.15) is 0 Å². The number of rotatable bonds is 8. The Morgan fingerprint density at radius 1 is 1.18 bits per heavy atom. The molecule has 0 aliphatic rings. The van der Waals surface area contributed by atoms with Gasteiger partial charge in [0, 0.05) is 6.07 Å². The highest BCUT2D eigenvalue weighted by atomic mass is 35.5. The molecular weight excluding hydrogens is 238 g/mol. The van der Waals surface area contributed by atoms with Crippen molar-refractivity contribution in [3.8, 4) is 5.88 Å². The molecule has 0 spiro atoms. The Morgan fingerprint density at radius 2 is 1.94 bits per heavy atom. The molecule has 1 aromatic heterocycles. The maximum Gasteiger partial charge on any atom is 0.233 e. The van der Waals surface area contributed by atoms with Gasteiger partial charge in [-0.15, -0.1) is 10.2 Å². The topological polar surface area (TPSA) is 38.2 Å². The fraction of sp³-hybridized carbons (Fsp3) is 0.667. The summed E-state index contributed by atoms with van der Waals surface area (Å²) in [4.78, 5) is 2.40. The average molecular weight is 258 g/mol. The smallest absolute Gasteiger partial charge is 0.233 e. The van der Waals surface area contributed by atoms with Gasteiger partial charge in [-0.05, 0) is 38.5 Å². The molecule has 0 fully saturated rings. The van der Waals surface area contributed by atoms with Crippen LogP contribution in [0, 0.1) is 0 Å². The predicted molar refractivity (Wildman–Crippen MR) is 69.6 cm³/mol. The molecule has 4 nitrogen and oxygen atoms in total. The van der Waals surface area contributed by atoms with Crippen LogP contribution >= 0.6 is 11.6 Å². The molecule has 0 radical (unpaired) electrons. The molecule has 0 saturated carbocycles. The third-order valence-electron chi connectivity index (χ3n) is 2.62. The molecule has 0 N–H and O–H groups in total. The third-order valence-corrected chi connectivity index (χ3v) is 2.82. The standard InChI is InChI=1S/C12H20ClN3O/c1-3-16(4-2)9-5-6-10-17-12-8-7-11(13)14-15-12/h7-8H,3-6,9-10H2,1-2H3. The van der Waals surface area contributed by atoms with E-state index in [1.54, 1.807) is 12.1 Å². The minimum Gasteiger partial charge on any atom is -0.477 e. The van der Waals surface area contributed by atoms with E-state index in [9.17, 15) is 0 Å². The van der Waals surface area contributed by atoms with Gasteiger partial charge in [-0.1, -0.05) is 25.4 Å². The summed E-state index contributed by atoms with van der Waals surface area (Å²) in [6.45, 7) is 8.40. The maximum absolute atomic E-state index is 5.63. The van der Waals surface area contributed by atoms with E-state index in [2.05, 4.69) is 28.9 Å². The normalized spacial score (nSPS) is 10.8. The molecule has 0 amide bonds. The fourth-order valence-electron chi connectivity index (χ4n) is 1.53. The lowest BCUT2D eigenvalue weighted by atomic mass is 10.3. The van der Waals surface area contributed by atoms with E-state index < -0.39 is 0 Å². The molecule has 96 valence electrons. The molecule has 0 aliphatic heterocycles. The van der Waals surface area contributed by atoms with E-state index in [1.807, 2.05) is 0 Å². The SMILES string of the molecule is CCN(CC)CCCCOc1ccc(Cl)nn1. The van der Waals surface area contributed by atoms with Crippen molar-refractivity contribution < 1.29 is 4.74 Å². The summed E-state index contributed by atoms with van der Waals surface area (Å²) in [5, 5.41) is 7.93. The van der Waals surface area contributed by atoms with E-state index in [0.29, 0.717) is 17.6 Å². The summed E-state index contributed by atoms with van der Waals surface area (Å²) >= 11 is 5.63. The largest absolute Gasteiger partial charge is 0.477 e. The number of hydrogen-bond donors (Lipinski definition) is 0. The first-order valence-electron chi connectivity index (χ1n) is 6.10. The summed E-state index contributed by atoms with van der Waals surface area (Å²) in [6, 6.07) is 3.42. The Labute approximate surface area is 108 Å². The number of nitrogens with zero attached hydrogens (tertiary/aromatic N) is 3. The molecule has 5 heteroatoms. The van der Waals surface area contributed by atoms with Crippen molar-refractivity contribution in [2.45, 2.75) is 26.7 Å². The van der Waals surface area contributed by atoms with Crippen LogP contribution in [0.5, 0.6) is 5.88 Å². The van der Waals surface area contributed by atoms with Crippen molar-refractivity contribution in [2.75, 3.05) is 26.2 Å². The first-order chi connectivity index (χ1) is 8.26. The molecule has 0 unspecified atom stereocenters. The van der Waals surface area contributed by atoms with Crippen molar-refractivity contribution in [1.82, 2.24) is 15.1 Å². The fourth-order valence-corrected chi connectivity index (χ4v) is 1.64. The second kappa shape index (κ2) is 8.25. The lowest BCUT2D eigenvalue weighted by Crippen LogP contribution is -2.24. The van der Waals surface area contributed by atoms with Crippen LogP contribution in [0.2, 0.25) is 5.15 Å². The van der Waals surface area contributed by atoms with E-state index in [1.165, 1.54) is 0 Å². The molecule has 0 atom stereocenters. The Bertz CT molecular complexity index is 301. The molecule has 1 rings (SSSR count). The molecule has 1 aromatic rings. The minimum absolute atomic E-state index is 0.388. The van der Waals surface area contributed by atoms with Crippen LogP contribution in [-0.2, 0) is 0 Å². The molecule has 1 heterocycles. The summed E-state index contributed by atoms with van der Waals surface area (Å²) in [6.07, 6.45) is 2.17. The van der Waals surface area contributed by atoms with Crippen LogP contribution in [0.25, 0.3) is 0 Å². The van der Waals surface area contributed by atoms with Gasteiger partial charge in [0.25, 0.3) is 0 Å². The average Bonchev–Trinajstić information content (AvgIpc) is 2.36. The van der Waals surface area contributed by atoms with E-state index in [4.69, 9.17) is 16.3 Å². The summed E-state index contributed by atoms with van der Waals surface area (Å²) in [5.41, 5.74) is 0. The van der Waals surface area contributed by atoms with E-state index >= 15 is 0 Å². The molecular formula is C12H20ClN3O. The van der Waals surface area contributed by atoms with Gasteiger partial charge in [-0.3, -0.25) is 0 Å². The lowest BCUT2D eigenvalue weighted by Gasteiger charge is -2.17. The Kier molecular flexibility index (Phi) is 6.89. The van der Waals surface area contributed by atoms with E-state index in [-0.39, 0.29) is 0 Å². The van der Waals surface area contributed by atoms with Gasteiger partial charge < -0.3 is 9.64 Å². The first-order valence-corrected chi connectivity index (χ1v) is 6.48. The van der Waals surface area contributed by atoms with Crippen LogP contribution in [0.3, 0.4) is 0 Å². The number of unbranched alkanes of at least 4 members (excludes halogenated alkanes) is 1. The van der Waals surface area contributed by atoms with Crippen LogP contribution in [-0.4, -0.2) is 41.3 Å². The summed E-state index contributed by atoms with van der Waals surface area (Å²) < 4.78 is 5.46. The lowest BCUT2D eigenvalue weighted by molar-refractivity contribution is 0.260. The quantitative estimate of drug-likeness (QED) is 0.671. The zero-order chi connectivity index (χ0) is 12.5. The highest BCUT2D eigenvalue weighted by Gasteiger charge is 1.99. The van der Waals surface area contributed by atoms with Crippen LogP contribution < -0.4 is 4.74 Å². The van der Waals surface area contributed by atoms with Crippen LogP contribution in [0.15, 0.2) is 12.1 Å². The van der Waals surface area contributed by atoms with Gasteiger partial charge in [0.2, 0.25) is 5.88 Å². The van der Waals surface area contributed by atoms with Gasteiger partial charge in [-0.2, -0.15) is 0 Å². The monoisotopic (exact) mass is 257 g/mol. The maximum atomic E-state index is 5.63. The predicted octanol–water partition coefficient (Wildman–Crippen LogP) is 2.63. The summed E-state index contributed by atoms with van der Waals surface area (Å²) in [5.74, 6) is 0.539. The zero-order valence-corrected chi connectivity index (χ0v) is 11.3. The van der Waals surface area contributed by atoms with Gasteiger partial charge in [0.05, 0.1) is 6.61 Å². The first kappa shape index (κ1) is 14.2. The Hall–Kier alpha value is -0.870. The highest BCUT2D eigenvalue weighted by molar-refractivity contribution is 6.29. The van der Waals surface area contributed by atoms with Crippen molar-refractivity contribution in [3.63, 3.8) is 0 Å². The second-order valence-corrected chi connectivity index (χ2v) is 4.16. The van der Waals surface area contributed by atoms with E-state index in [0.717, 1.165) is 32.5 Å². The van der Waals surface area contributed by atoms with Crippen LogP contribution in [0.4, 0.5) is 0 Å². The van der Waals surface area contributed by atoms with Crippen molar-refractivity contribution in [2.24, 2.45) is 0 Å². The molecule has 0 aliphatic carbocycles. The number of halogens is 1. The van der Waals surface area contributed by atoms with Crippen molar-refractivity contribution in [1.29, 1.82) is 0 Å². The Morgan fingerprint density at radius 3 is 2.53 bits per heavy atom. The number of aromatic nitrogens is 2. The molecule has 0 saturated heterocycles. The third kappa shape index (κ3) is 5.84. The second-order valence-electron chi connectivity index (χ2n) is 3.78. The number of hydrogen-bond acceptors (Lipinski definition) is 4. The highest BCUT2D eigenvalue weighted by Crippen LogP contribution is 2.08. The molecule has 0 aromatic carbocycles. The molecule has 17 heavy (non-hydrogen) atoms. The van der Waals surface area contributed by atoms with Gasteiger partial charge in [-0.25, -0.2) is 0 Å². The van der Waals surface area contributed by atoms with Gasteiger partial charge in [0.15, 0.2) is 5.15 Å². The van der Waals surface area contributed by atoms with Crippen molar-refractivity contribution >= 4 is 11.6 Å².